The Bertz CT molecular complexity index is 1900. The van der Waals surface area contributed by atoms with Gasteiger partial charge in [0, 0.05) is 24.0 Å². The fourth-order valence-corrected chi connectivity index (χ4v) is 5.29. The normalized spacial score (nSPS) is 10.8. The lowest BCUT2D eigenvalue weighted by Gasteiger charge is -2.17. The molecule has 0 aliphatic rings. The molecule has 1 aromatic heterocycles. The van der Waals surface area contributed by atoms with Gasteiger partial charge in [0.25, 0.3) is 5.91 Å². The fourth-order valence-electron chi connectivity index (χ4n) is 4.43. The van der Waals surface area contributed by atoms with E-state index < -0.39 is 15.9 Å². The van der Waals surface area contributed by atoms with Crippen LogP contribution in [0.15, 0.2) is 78.3 Å². The standard InChI is InChI=1S/C31H33N7O7S/c1-6-27(39)34-17-19-10-11-21(14-18(19)2)35-30(40)20-15-23(28(45-5)25(16-20)44-4)37-31-33-13-12-26(38-31)36-22-8-7-9-24(43-3)29(22)46(32,41)42/h6-16H,1,17H2,2-5H3,(H,34,39)(H,35,40)(H2,32,41,42)(H2,33,36,37,38). The molecular formula is C31H33N7O7S. The number of anilines is 5. The maximum atomic E-state index is 13.3. The van der Waals surface area contributed by atoms with E-state index in [0.717, 1.165) is 11.1 Å². The zero-order valence-electron chi connectivity index (χ0n) is 25.5. The molecule has 0 saturated heterocycles. The Morgan fingerprint density at radius 1 is 0.957 bits per heavy atom. The molecule has 46 heavy (non-hydrogen) atoms. The van der Waals surface area contributed by atoms with Crippen LogP contribution in [-0.2, 0) is 21.4 Å². The average molecular weight is 648 g/mol. The number of aryl methyl sites for hydroxylation is 1. The number of benzene rings is 3. The van der Waals surface area contributed by atoms with Crippen molar-refractivity contribution in [3.05, 3.63) is 90.1 Å². The highest BCUT2D eigenvalue weighted by molar-refractivity contribution is 7.89. The van der Waals surface area contributed by atoms with Crippen LogP contribution >= 0.6 is 0 Å². The van der Waals surface area contributed by atoms with Crippen LogP contribution in [0.1, 0.15) is 21.5 Å². The first kappa shape index (κ1) is 33.2. The molecule has 240 valence electrons. The lowest BCUT2D eigenvalue weighted by atomic mass is 10.1. The van der Waals surface area contributed by atoms with Crippen molar-refractivity contribution in [2.45, 2.75) is 18.4 Å². The number of hydrogen-bond donors (Lipinski definition) is 5. The Balaban J connectivity index is 1.60. The minimum atomic E-state index is -4.15. The average Bonchev–Trinajstić information content (AvgIpc) is 3.03. The van der Waals surface area contributed by atoms with Gasteiger partial charge in [0.1, 0.15) is 16.5 Å². The molecule has 0 aliphatic heterocycles. The molecule has 4 aromatic rings. The van der Waals surface area contributed by atoms with E-state index >= 15 is 0 Å². The molecule has 6 N–H and O–H groups in total. The number of carbonyl (C=O) groups is 2. The molecule has 0 unspecified atom stereocenters. The quantitative estimate of drug-likeness (QED) is 0.132. The zero-order valence-corrected chi connectivity index (χ0v) is 26.3. The molecule has 1 heterocycles. The number of nitrogens with zero attached hydrogens (tertiary/aromatic N) is 2. The monoisotopic (exact) mass is 647 g/mol. The van der Waals surface area contributed by atoms with E-state index in [0.29, 0.717) is 17.9 Å². The van der Waals surface area contributed by atoms with Crippen molar-refractivity contribution in [1.29, 1.82) is 0 Å². The van der Waals surface area contributed by atoms with Crippen molar-refractivity contribution in [2.24, 2.45) is 5.14 Å². The van der Waals surface area contributed by atoms with E-state index in [1.165, 1.54) is 57.9 Å². The Hall–Kier alpha value is -5.67. The third-order valence-corrected chi connectivity index (χ3v) is 7.62. The van der Waals surface area contributed by atoms with E-state index in [1.54, 1.807) is 24.3 Å². The van der Waals surface area contributed by atoms with Gasteiger partial charge in [-0.15, -0.1) is 0 Å². The van der Waals surface area contributed by atoms with Gasteiger partial charge >= 0.3 is 0 Å². The largest absolute Gasteiger partial charge is 0.495 e. The number of methoxy groups -OCH3 is 3. The smallest absolute Gasteiger partial charge is 0.255 e. The topological polar surface area (TPSA) is 196 Å². The van der Waals surface area contributed by atoms with Crippen molar-refractivity contribution >= 4 is 50.7 Å². The van der Waals surface area contributed by atoms with Crippen molar-refractivity contribution in [3.63, 3.8) is 0 Å². The first-order chi connectivity index (χ1) is 22.0. The molecule has 3 aromatic carbocycles. The molecule has 14 nitrogen and oxygen atoms in total. The Kier molecular flexibility index (Phi) is 10.4. The summed E-state index contributed by atoms with van der Waals surface area (Å²) in [6.07, 6.45) is 2.65. The van der Waals surface area contributed by atoms with E-state index in [9.17, 15) is 18.0 Å². The minimum absolute atomic E-state index is 0.0648. The van der Waals surface area contributed by atoms with E-state index in [-0.39, 0.29) is 51.1 Å². The van der Waals surface area contributed by atoms with Crippen LogP contribution in [0.3, 0.4) is 0 Å². The van der Waals surface area contributed by atoms with Gasteiger partial charge in [0.15, 0.2) is 11.5 Å². The van der Waals surface area contributed by atoms with Crippen LogP contribution in [-0.4, -0.2) is 51.5 Å². The highest BCUT2D eigenvalue weighted by atomic mass is 32.2. The van der Waals surface area contributed by atoms with Crippen LogP contribution < -0.4 is 40.6 Å². The van der Waals surface area contributed by atoms with Gasteiger partial charge in [-0.25, -0.2) is 18.5 Å². The number of nitrogens with one attached hydrogen (secondary N) is 4. The summed E-state index contributed by atoms with van der Waals surface area (Å²) in [7, 11) is 0.0679. The SMILES string of the molecule is C=CC(=O)NCc1ccc(NC(=O)c2cc(Nc3nccc(Nc4cccc(OC)c4S(N)(=O)=O)n3)c(OC)c(OC)c2)cc1C. The summed E-state index contributed by atoms with van der Waals surface area (Å²) in [5.41, 5.74) is 3.00. The minimum Gasteiger partial charge on any atom is -0.495 e. The summed E-state index contributed by atoms with van der Waals surface area (Å²) in [4.78, 5) is 33.3. The first-order valence-corrected chi connectivity index (χ1v) is 15.2. The lowest BCUT2D eigenvalue weighted by Crippen LogP contribution is -2.20. The second kappa shape index (κ2) is 14.4. The third kappa shape index (κ3) is 7.88. The number of nitrogens with two attached hydrogens (primary N) is 1. The van der Waals surface area contributed by atoms with Crippen molar-refractivity contribution in [1.82, 2.24) is 15.3 Å². The third-order valence-electron chi connectivity index (χ3n) is 6.63. The molecule has 4 rings (SSSR count). The predicted molar refractivity (Wildman–Crippen MR) is 174 cm³/mol. The number of amides is 2. The zero-order chi connectivity index (χ0) is 33.4. The number of hydrogen-bond acceptors (Lipinski definition) is 11. The number of ether oxygens (including phenoxy) is 3. The lowest BCUT2D eigenvalue weighted by molar-refractivity contribution is -0.116. The molecule has 0 aliphatic carbocycles. The first-order valence-electron chi connectivity index (χ1n) is 13.6. The van der Waals surface area contributed by atoms with Crippen LogP contribution in [0.25, 0.3) is 0 Å². The number of rotatable bonds is 13. The van der Waals surface area contributed by atoms with Crippen LogP contribution in [0.2, 0.25) is 0 Å². The van der Waals surface area contributed by atoms with Crippen LogP contribution in [0, 0.1) is 6.92 Å². The van der Waals surface area contributed by atoms with Gasteiger partial charge in [-0.1, -0.05) is 18.7 Å². The second-order valence-corrected chi connectivity index (χ2v) is 11.2. The molecule has 0 saturated carbocycles. The van der Waals surface area contributed by atoms with Gasteiger partial charge in [-0.3, -0.25) is 9.59 Å². The number of primary sulfonamides is 1. The number of sulfonamides is 1. The highest BCUT2D eigenvalue weighted by Crippen LogP contribution is 2.38. The van der Waals surface area contributed by atoms with E-state index in [1.807, 2.05) is 13.0 Å². The highest BCUT2D eigenvalue weighted by Gasteiger charge is 2.21. The molecule has 15 heteroatoms. The van der Waals surface area contributed by atoms with Crippen molar-refractivity contribution in [3.8, 4) is 17.2 Å². The second-order valence-electron chi connectivity index (χ2n) is 9.67. The summed E-state index contributed by atoms with van der Waals surface area (Å²) < 4.78 is 40.8. The molecular weight excluding hydrogens is 614 g/mol. The molecule has 0 spiro atoms. The summed E-state index contributed by atoms with van der Waals surface area (Å²) in [5, 5.41) is 17.0. The summed E-state index contributed by atoms with van der Waals surface area (Å²) in [6.45, 7) is 5.63. The molecule has 0 atom stereocenters. The van der Waals surface area contributed by atoms with Gasteiger partial charge in [-0.2, -0.15) is 4.98 Å². The van der Waals surface area contributed by atoms with E-state index in [4.69, 9.17) is 19.3 Å². The maximum Gasteiger partial charge on any atom is 0.255 e. The van der Waals surface area contributed by atoms with Crippen LogP contribution in [0.4, 0.5) is 28.8 Å². The molecule has 0 bridgehead atoms. The summed E-state index contributed by atoms with van der Waals surface area (Å²) in [5.74, 6) is 0.237. The Morgan fingerprint density at radius 3 is 2.37 bits per heavy atom. The van der Waals surface area contributed by atoms with Crippen LogP contribution in [0.5, 0.6) is 17.2 Å². The Labute approximate surface area is 266 Å². The molecule has 0 fully saturated rings. The summed E-state index contributed by atoms with van der Waals surface area (Å²) in [6, 6.07) is 14.5. The van der Waals surface area contributed by atoms with Gasteiger partial charge in [0.2, 0.25) is 21.9 Å². The number of carbonyl (C=O) groups excluding carboxylic acids is 2. The van der Waals surface area contributed by atoms with E-state index in [2.05, 4.69) is 37.8 Å². The number of aromatic nitrogens is 2. The fraction of sp³-hybridized carbons (Fsp3) is 0.161. The Morgan fingerprint density at radius 2 is 1.72 bits per heavy atom. The van der Waals surface area contributed by atoms with Crippen molar-refractivity contribution in [2.75, 3.05) is 37.3 Å². The van der Waals surface area contributed by atoms with Gasteiger partial charge in [0.05, 0.1) is 32.7 Å². The maximum absolute atomic E-state index is 13.3. The summed E-state index contributed by atoms with van der Waals surface area (Å²) >= 11 is 0. The molecule has 2 amide bonds. The molecule has 0 radical (unpaired) electrons. The van der Waals surface area contributed by atoms with Gasteiger partial charge in [-0.05, 0) is 66.6 Å². The predicted octanol–water partition coefficient (Wildman–Crippen LogP) is 4.00. The van der Waals surface area contributed by atoms with Crippen molar-refractivity contribution < 1.29 is 32.2 Å². The van der Waals surface area contributed by atoms with Gasteiger partial charge < -0.3 is 35.5 Å².